The van der Waals surface area contributed by atoms with Crippen LogP contribution in [0.5, 0.6) is 11.5 Å². The van der Waals surface area contributed by atoms with Gasteiger partial charge >= 0.3 is 0 Å². The summed E-state index contributed by atoms with van der Waals surface area (Å²) in [4.78, 5) is 15.3. The monoisotopic (exact) mass is 492 g/mol. The number of hydrogen-bond donors (Lipinski definition) is 0. The van der Waals surface area contributed by atoms with Gasteiger partial charge in [-0.3, -0.25) is 4.79 Å². The third-order valence-corrected chi connectivity index (χ3v) is 8.53. The predicted molar refractivity (Wildman–Crippen MR) is 134 cm³/mol. The van der Waals surface area contributed by atoms with Crippen molar-refractivity contribution in [3.63, 3.8) is 0 Å². The molecule has 5 rings (SSSR count). The molecule has 3 aromatic rings. The van der Waals surface area contributed by atoms with Gasteiger partial charge in [-0.25, -0.2) is 8.42 Å². The first-order chi connectivity index (χ1) is 16.9. The topological polar surface area (TPSA) is 76.2 Å². The molecule has 0 aliphatic carbocycles. The predicted octanol–water partition coefficient (Wildman–Crippen LogP) is 4.19. The van der Waals surface area contributed by atoms with Crippen molar-refractivity contribution in [1.29, 1.82) is 0 Å². The van der Waals surface area contributed by atoms with Gasteiger partial charge in [0.15, 0.2) is 11.5 Å². The smallest absolute Gasteiger partial charge is 0.243 e. The van der Waals surface area contributed by atoms with E-state index in [-0.39, 0.29) is 16.7 Å². The number of sulfonamides is 1. The lowest BCUT2D eigenvalue weighted by molar-refractivity contribution is -0.123. The molecular formula is C27H28N2O5S. The summed E-state index contributed by atoms with van der Waals surface area (Å²) in [5.41, 5.74) is 2.88. The molecule has 0 spiro atoms. The lowest BCUT2D eigenvalue weighted by atomic mass is 9.95. The highest BCUT2D eigenvalue weighted by molar-refractivity contribution is 7.89. The Morgan fingerprint density at radius 1 is 0.886 bits per heavy atom. The highest BCUT2D eigenvalue weighted by Gasteiger charge is 2.34. The summed E-state index contributed by atoms with van der Waals surface area (Å²) in [5.74, 6) is 0.764. The lowest BCUT2D eigenvalue weighted by Gasteiger charge is -2.33. The number of fused-ring (bicyclic) bond motifs is 1. The average Bonchev–Trinajstić information content (AvgIpc) is 2.92. The minimum atomic E-state index is -3.69. The average molecular weight is 493 g/mol. The van der Waals surface area contributed by atoms with E-state index in [0.717, 1.165) is 16.8 Å². The van der Waals surface area contributed by atoms with Crippen LogP contribution in [0.3, 0.4) is 0 Å². The summed E-state index contributed by atoms with van der Waals surface area (Å²) >= 11 is 0. The van der Waals surface area contributed by atoms with Gasteiger partial charge in [0.25, 0.3) is 0 Å². The summed E-state index contributed by atoms with van der Waals surface area (Å²) in [7, 11) is -1.89. The van der Waals surface area contributed by atoms with Crippen molar-refractivity contribution in [3.05, 3.63) is 72.8 Å². The van der Waals surface area contributed by atoms with E-state index in [1.54, 1.807) is 24.1 Å². The third kappa shape index (κ3) is 4.63. The van der Waals surface area contributed by atoms with Crippen molar-refractivity contribution in [2.24, 2.45) is 5.92 Å². The zero-order valence-electron chi connectivity index (χ0n) is 19.6. The number of rotatable bonds is 5. The molecule has 2 heterocycles. The summed E-state index contributed by atoms with van der Waals surface area (Å²) in [6, 6.07) is 22.5. The van der Waals surface area contributed by atoms with Gasteiger partial charge in [-0.2, -0.15) is 4.31 Å². The third-order valence-electron chi connectivity index (χ3n) is 6.64. The normalized spacial score (nSPS) is 16.6. The van der Waals surface area contributed by atoms with E-state index in [2.05, 4.69) is 0 Å². The molecule has 0 N–H and O–H groups in total. The van der Waals surface area contributed by atoms with Gasteiger partial charge in [-0.05, 0) is 36.6 Å². The van der Waals surface area contributed by atoms with Gasteiger partial charge in [-0.15, -0.1) is 0 Å². The molecule has 1 amide bonds. The van der Waals surface area contributed by atoms with Crippen LogP contribution >= 0.6 is 0 Å². The molecule has 8 heteroatoms. The van der Waals surface area contributed by atoms with Gasteiger partial charge in [0.05, 0.1) is 10.6 Å². The van der Waals surface area contributed by atoms with Crippen LogP contribution in [-0.4, -0.2) is 52.0 Å². The Hall–Kier alpha value is -3.36. The molecule has 0 atom stereocenters. The quantitative estimate of drug-likeness (QED) is 0.534. The molecule has 0 radical (unpaired) electrons. The molecular weight excluding hydrogens is 464 g/mol. The molecule has 7 nitrogen and oxygen atoms in total. The first-order valence-electron chi connectivity index (χ1n) is 11.8. The maximum absolute atomic E-state index is 13.4. The Bertz CT molecular complexity index is 1320. The molecule has 0 unspecified atom stereocenters. The summed E-state index contributed by atoms with van der Waals surface area (Å²) < 4.78 is 39.0. The van der Waals surface area contributed by atoms with Gasteiger partial charge in [0, 0.05) is 37.7 Å². The SMILES string of the molecule is CN(C(=O)C1CCN(S(=O)(=O)c2ccc3c(c2)OCCO3)CC1)c1ccccc1-c1ccccc1. The number of ether oxygens (including phenoxy) is 2. The van der Waals surface area contributed by atoms with Crippen LogP contribution in [0.4, 0.5) is 5.69 Å². The summed E-state index contributed by atoms with van der Waals surface area (Å²) in [5, 5.41) is 0. The Balaban J connectivity index is 1.28. The van der Waals surface area contributed by atoms with Gasteiger partial charge in [0.1, 0.15) is 13.2 Å². The fourth-order valence-electron chi connectivity index (χ4n) is 4.70. The second-order valence-corrected chi connectivity index (χ2v) is 10.7. The van der Waals surface area contributed by atoms with Crippen LogP contribution in [0.1, 0.15) is 12.8 Å². The molecule has 0 bridgehead atoms. The number of carbonyl (C=O) groups excluding carboxylic acids is 1. The summed E-state index contributed by atoms with van der Waals surface area (Å²) in [6.45, 7) is 1.43. The van der Waals surface area contributed by atoms with E-state index in [4.69, 9.17) is 9.47 Å². The van der Waals surface area contributed by atoms with Crippen molar-refractivity contribution in [1.82, 2.24) is 4.31 Å². The fourth-order valence-corrected chi connectivity index (χ4v) is 6.18. The number of para-hydroxylation sites is 1. The molecule has 1 saturated heterocycles. The summed E-state index contributed by atoms with van der Waals surface area (Å²) in [6.07, 6.45) is 0.945. The van der Waals surface area contributed by atoms with Crippen LogP contribution < -0.4 is 14.4 Å². The Kier molecular flexibility index (Phi) is 6.49. The second-order valence-electron chi connectivity index (χ2n) is 8.76. The highest BCUT2D eigenvalue weighted by Crippen LogP contribution is 2.35. The molecule has 1 fully saturated rings. The molecule has 3 aromatic carbocycles. The maximum Gasteiger partial charge on any atom is 0.243 e. The van der Waals surface area contributed by atoms with Gasteiger partial charge in [-0.1, -0.05) is 48.5 Å². The van der Waals surface area contributed by atoms with Crippen LogP contribution in [0.15, 0.2) is 77.7 Å². The van der Waals surface area contributed by atoms with Gasteiger partial charge < -0.3 is 14.4 Å². The molecule has 0 aromatic heterocycles. The molecule has 0 saturated carbocycles. The first kappa shape index (κ1) is 23.4. The van der Waals surface area contributed by atoms with Crippen LogP contribution in [0.2, 0.25) is 0 Å². The van der Waals surface area contributed by atoms with Crippen LogP contribution in [-0.2, 0) is 14.8 Å². The molecule has 35 heavy (non-hydrogen) atoms. The van der Waals surface area contributed by atoms with Crippen molar-refractivity contribution in [3.8, 4) is 22.6 Å². The largest absolute Gasteiger partial charge is 0.486 e. The number of amides is 1. The number of benzene rings is 3. The zero-order chi connectivity index (χ0) is 24.4. The minimum absolute atomic E-state index is 0.00441. The molecule has 2 aliphatic rings. The standard InChI is InChI=1S/C27H28N2O5S/c1-28(24-10-6-5-9-23(24)20-7-3-2-4-8-20)27(30)21-13-15-29(16-14-21)35(31,32)22-11-12-25-26(19-22)34-18-17-33-25/h2-12,19,21H,13-18H2,1H3. The van der Waals surface area contributed by atoms with Crippen LogP contribution in [0, 0.1) is 5.92 Å². The van der Waals surface area contributed by atoms with E-state index >= 15 is 0 Å². The van der Waals surface area contributed by atoms with E-state index in [1.807, 2.05) is 54.6 Å². The first-order valence-corrected chi connectivity index (χ1v) is 13.2. The van der Waals surface area contributed by atoms with Crippen molar-refractivity contribution in [2.45, 2.75) is 17.7 Å². The van der Waals surface area contributed by atoms with Crippen molar-refractivity contribution >= 4 is 21.6 Å². The number of nitrogens with zero attached hydrogens (tertiary/aromatic N) is 2. The van der Waals surface area contributed by atoms with Crippen molar-refractivity contribution < 1.29 is 22.7 Å². The fraction of sp³-hybridized carbons (Fsp3) is 0.296. The Morgan fingerprint density at radius 2 is 1.54 bits per heavy atom. The van der Waals surface area contributed by atoms with E-state index in [0.29, 0.717) is 50.6 Å². The van der Waals surface area contributed by atoms with Crippen LogP contribution in [0.25, 0.3) is 11.1 Å². The van der Waals surface area contributed by atoms with Gasteiger partial charge in [0.2, 0.25) is 15.9 Å². The maximum atomic E-state index is 13.4. The highest BCUT2D eigenvalue weighted by atomic mass is 32.2. The Labute approximate surface area is 205 Å². The molecule has 182 valence electrons. The lowest BCUT2D eigenvalue weighted by Crippen LogP contribution is -2.43. The van der Waals surface area contributed by atoms with E-state index in [1.165, 1.54) is 10.4 Å². The van der Waals surface area contributed by atoms with E-state index < -0.39 is 10.0 Å². The number of carbonyl (C=O) groups is 1. The Morgan fingerprint density at radius 3 is 2.29 bits per heavy atom. The van der Waals surface area contributed by atoms with E-state index in [9.17, 15) is 13.2 Å². The van der Waals surface area contributed by atoms with Crippen molar-refractivity contribution in [2.75, 3.05) is 38.3 Å². The molecule has 2 aliphatic heterocycles. The number of anilines is 1. The number of hydrogen-bond acceptors (Lipinski definition) is 5. The zero-order valence-corrected chi connectivity index (χ0v) is 20.4. The number of piperidine rings is 1. The minimum Gasteiger partial charge on any atom is -0.486 e. The second kappa shape index (κ2) is 9.71.